The normalized spacial score (nSPS) is 11.1. The van der Waals surface area contributed by atoms with E-state index in [9.17, 15) is 0 Å². The monoisotopic (exact) mass is 480 g/mol. The number of hydrogen-bond donors (Lipinski definition) is 0. The largest absolute Gasteiger partial charge is 1.00 e. The van der Waals surface area contributed by atoms with E-state index in [-0.39, 0.29) is 17.0 Å². The Morgan fingerprint density at radius 2 is 1.03 bits per heavy atom. The summed E-state index contributed by atoms with van der Waals surface area (Å²) in [6.07, 6.45) is 3.27. The fourth-order valence-corrected chi connectivity index (χ4v) is 8.61. The van der Waals surface area contributed by atoms with E-state index >= 15 is 0 Å². The Bertz CT molecular complexity index is 826. The van der Waals surface area contributed by atoms with Gasteiger partial charge in [0.15, 0.2) is 0 Å². The van der Waals surface area contributed by atoms with Crippen molar-refractivity contribution in [3.8, 4) is 11.5 Å². The average Bonchev–Trinajstić information content (AvgIpc) is 2.72. The first-order chi connectivity index (χ1) is 13.5. The molecular weight excluding hydrogens is 451 g/mol. The second-order valence-corrected chi connectivity index (χ2v) is 16.6. The maximum Gasteiger partial charge on any atom is 0.129 e. The van der Waals surface area contributed by atoms with E-state index in [1.807, 2.05) is 0 Å². The van der Waals surface area contributed by atoms with Gasteiger partial charge in [0.25, 0.3) is 0 Å². The molecule has 3 rings (SSSR count). The van der Waals surface area contributed by atoms with Gasteiger partial charge in [0, 0.05) is 6.42 Å². The highest BCUT2D eigenvalue weighted by atomic mass is 79.9. The van der Waals surface area contributed by atoms with Gasteiger partial charge in [-0.15, -0.1) is 11.5 Å². The van der Waals surface area contributed by atoms with Crippen molar-refractivity contribution in [1.29, 1.82) is 0 Å². The topological polar surface area (TPSA) is 0 Å². The number of halogens is 1. The summed E-state index contributed by atoms with van der Waals surface area (Å²) < 4.78 is 0. The minimum absolute atomic E-state index is 0. The summed E-state index contributed by atoms with van der Waals surface area (Å²) in [5.41, 5.74) is 3.53. The Hall–Kier alpha value is -1.65. The van der Waals surface area contributed by atoms with Gasteiger partial charge < -0.3 is 17.0 Å². The maximum atomic E-state index is 3.53. The molecule has 0 spiro atoms. The molecule has 0 fully saturated rings. The summed E-state index contributed by atoms with van der Waals surface area (Å²) in [6.45, 7) is 6.94. The number of rotatable bonds is 6. The molecule has 0 N–H and O–H groups in total. The standard InChI is InChI=1S/C26H30PSi.BrH/c1-28(2,3)23-15-7-14-22-27(24-16-8-4-9-17-24,25-18-10-5-11-19-25)26-20-12-6-13-21-26;/h4-6,8-13,16-21H,7,14,22H2,1-3H3;1H/q+1;/p-1. The molecule has 3 heteroatoms. The van der Waals surface area contributed by atoms with E-state index in [0.29, 0.717) is 0 Å². The zero-order valence-electron chi connectivity index (χ0n) is 17.6. The summed E-state index contributed by atoms with van der Waals surface area (Å²) in [5, 5.41) is 4.39. The second-order valence-electron chi connectivity index (χ2n) is 8.20. The molecular formula is C26H30BrPSi. The van der Waals surface area contributed by atoms with E-state index < -0.39 is 15.3 Å². The molecule has 0 heterocycles. The lowest BCUT2D eigenvalue weighted by atomic mass is 10.3. The molecule has 0 saturated carbocycles. The van der Waals surface area contributed by atoms with Gasteiger partial charge in [0.1, 0.15) is 31.2 Å². The summed E-state index contributed by atoms with van der Waals surface area (Å²) in [5.74, 6) is 3.48. The molecule has 0 saturated heterocycles. The Labute approximate surface area is 188 Å². The van der Waals surface area contributed by atoms with Crippen molar-refractivity contribution < 1.29 is 17.0 Å². The highest BCUT2D eigenvalue weighted by Gasteiger charge is 2.44. The lowest BCUT2D eigenvalue weighted by Gasteiger charge is -2.27. The first kappa shape index (κ1) is 23.6. The van der Waals surface area contributed by atoms with Gasteiger partial charge >= 0.3 is 0 Å². The zero-order chi connectivity index (χ0) is 19.9. The van der Waals surface area contributed by atoms with Crippen molar-refractivity contribution >= 4 is 31.2 Å². The molecule has 0 amide bonds. The van der Waals surface area contributed by atoms with Crippen molar-refractivity contribution in [2.45, 2.75) is 32.5 Å². The van der Waals surface area contributed by atoms with Crippen LogP contribution in [0.4, 0.5) is 0 Å². The summed E-state index contributed by atoms with van der Waals surface area (Å²) in [7, 11) is -2.99. The van der Waals surface area contributed by atoms with Crippen LogP contribution in [-0.2, 0) is 0 Å². The van der Waals surface area contributed by atoms with Crippen molar-refractivity contribution in [2.24, 2.45) is 0 Å². The van der Waals surface area contributed by atoms with Gasteiger partial charge in [-0.05, 0) is 42.8 Å². The molecule has 0 aromatic heterocycles. The van der Waals surface area contributed by atoms with E-state index in [0.717, 1.165) is 19.0 Å². The van der Waals surface area contributed by atoms with Crippen LogP contribution in [0.25, 0.3) is 0 Å². The van der Waals surface area contributed by atoms with E-state index in [4.69, 9.17) is 0 Å². The quantitative estimate of drug-likeness (QED) is 0.220. The van der Waals surface area contributed by atoms with Gasteiger partial charge in [-0.1, -0.05) is 74.2 Å². The minimum Gasteiger partial charge on any atom is -1.00 e. The molecule has 3 aromatic carbocycles. The van der Waals surface area contributed by atoms with Crippen LogP contribution in [0, 0.1) is 11.5 Å². The first-order valence-electron chi connectivity index (χ1n) is 10.1. The van der Waals surface area contributed by atoms with Gasteiger partial charge in [0.2, 0.25) is 0 Å². The van der Waals surface area contributed by atoms with E-state index in [2.05, 4.69) is 122 Å². The molecule has 0 radical (unpaired) electrons. The summed E-state index contributed by atoms with van der Waals surface area (Å²) in [4.78, 5) is 0. The third-order valence-electron chi connectivity index (χ3n) is 4.85. The van der Waals surface area contributed by atoms with Gasteiger partial charge in [0.05, 0.1) is 6.16 Å². The van der Waals surface area contributed by atoms with Crippen LogP contribution >= 0.6 is 7.26 Å². The molecule has 150 valence electrons. The number of unbranched alkanes of at least 4 members (excludes halogenated alkanes) is 1. The fourth-order valence-electron chi connectivity index (χ4n) is 3.61. The van der Waals surface area contributed by atoms with E-state index in [1.165, 1.54) is 15.9 Å². The van der Waals surface area contributed by atoms with E-state index in [1.54, 1.807) is 0 Å². The second kappa shape index (κ2) is 10.9. The van der Waals surface area contributed by atoms with Crippen LogP contribution < -0.4 is 32.9 Å². The summed E-state index contributed by atoms with van der Waals surface area (Å²) >= 11 is 0. The van der Waals surface area contributed by atoms with Crippen molar-refractivity contribution in [3.63, 3.8) is 0 Å². The third-order valence-corrected chi connectivity index (χ3v) is 10.3. The van der Waals surface area contributed by atoms with Crippen molar-refractivity contribution in [1.82, 2.24) is 0 Å². The van der Waals surface area contributed by atoms with Crippen LogP contribution in [0.3, 0.4) is 0 Å². The average molecular weight is 481 g/mol. The molecule has 0 bridgehead atoms. The summed E-state index contributed by atoms with van der Waals surface area (Å²) in [6, 6.07) is 33.4. The Balaban J connectivity index is 0.00000300. The zero-order valence-corrected chi connectivity index (χ0v) is 21.1. The predicted molar refractivity (Wildman–Crippen MR) is 130 cm³/mol. The number of benzene rings is 3. The lowest BCUT2D eigenvalue weighted by molar-refractivity contribution is -0.00000579. The molecule has 0 aliphatic heterocycles. The first-order valence-corrected chi connectivity index (χ1v) is 15.5. The number of hydrogen-bond acceptors (Lipinski definition) is 0. The Morgan fingerprint density at radius 1 is 0.655 bits per heavy atom. The Morgan fingerprint density at radius 3 is 1.38 bits per heavy atom. The highest BCUT2D eigenvalue weighted by Crippen LogP contribution is 2.55. The van der Waals surface area contributed by atoms with Crippen molar-refractivity contribution in [3.05, 3.63) is 91.0 Å². The molecule has 0 atom stereocenters. The predicted octanol–water partition coefficient (Wildman–Crippen LogP) is 2.65. The SMILES string of the molecule is C[Si](C)(C)C#CCCC[P+](c1ccccc1)(c1ccccc1)c1ccccc1.[Br-]. The molecule has 3 aromatic rings. The molecule has 0 aliphatic carbocycles. The van der Waals surface area contributed by atoms with Crippen LogP contribution in [0.1, 0.15) is 12.8 Å². The molecule has 0 unspecified atom stereocenters. The van der Waals surface area contributed by atoms with Crippen molar-refractivity contribution in [2.75, 3.05) is 6.16 Å². The molecule has 0 aliphatic rings. The molecule has 0 nitrogen and oxygen atoms in total. The van der Waals surface area contributed by atoms with Crippen LogP contribution in [0.15, 0.2) is 91.0 Å². The maximum absolute atomic E-state index is 3.53. The van der Waals surface area contributed by atoms with Crippen LogP contribution in [0.5, 0.6) is 0 Å². The molecule has 29 heavy (non-hydrogen) atoms. The van der Waals surface area contributed by atoms with Gasteiger partial charge in [-0.2, -0.15) is 0 Å². The fraction of sp³-hybridized carbons (Fsp3) is 0.231. The van der Waals surface area contributed by atoms with Crippen LogP contribution in [0.2, 0.25) is 19.6 Å². The highest BCUT2D eigenvalue weighted by molar-refractivity contribution is 7.95. The minimum atomic E-state index is -1.69. The smallest absolute Gasteiger partial charge is 0.129 e. The Kier molecular flexibility index (Phi) is 8.91. The van der Waals surface area contributed by atoms with Gasteiger partial charge in [-0.25, -0.2) is 0 Å². The van der Waals surface area contributed by atoms with Crippen LogP contribution in [-0.4, -0.2) is 14.2 Å². The van der Waals surface area contributed by atoms with Gasteiger partial charge in [-0.3, -0.25) is 0 Å². The lowest BCUT2D eigenvalue weighted by Crippen LogP contribution is -3.00. The third kappa shape index (κ3) is 6.16.